The van der Waals surface area contributed by atoms with E-state index in [2.05, 4.69) is 0 Å². The first kappa shape index (κ1) is 14.9. The van der Waals surface area contributed by atoms with Gasteiger partial charge < -0.3 is 15.7 Å². The lowest BCUT2D eigenvalue weighted by atomic mass is 10.3. The van der Waals surface area contributed by atoms with Crippen molar-refractivity contribution < 1.29 is 23.1 Å². The van der Waals surface area contributed by atoms with Crippen molar-refractivity contribution in [1.29, 1.82) is 0 Å². The van der Waals surface area contributed by atoms with E-state index in [9.17, 15) is 18.0 Å². The van der Waals surface area contributed by atoms with E-state index in [0.717, 1.165) is 12.8 Å². The highest BCUT2D eigenvalue weighted by Gasteiger charge is 2.35. The Hall–Kier alpha value is -1.15. The summed E-state index contributed by atoms with van der Waals surface area (Å²) >= 11 is 0. The van der Waals surface area contributed by atoms with Gasteiger partial charge in [-0.1, -0.05) is 0 Å². The topological polar surface area (TPSA) is 118 Å². The first-order valence-electron chi connectivity index (χ1n) is 5.80. The zero-order chi connectivity index (χ0) is 13.8. The van der Waals surface area contributed by atoms with Crippen LogP contribution < -0.4 is 5.73 Å². The molecule has 0 radical (unpaired) electrons. The molecule has 7 nitrogen and oxygen atoms in total. The van der Waals surface area contributed by atoms with Crippen LogP contribution in [0.15, 0.2) is 0 Å². The third kappa shape index (κ3) is 3.67. The Labute approximate surface area is 106 Å². The van der Waals surface area contributed by atoms with Gasteiger partial charge >= 0.3 is 5.97 Å². The Balaban J connectivity index is 2.72. The lowest BCUT2D eigenvalue weighted by Crippen LogP contribution is -2.40. The molecule has 0 aromatic rings. The van der Waals surface area contributed by atoms with Gasteiger partial charge in [0.1, 0.15) is 5.75 Å². The van der Waals surface area contributed by atoms with Gasteiger partial charge in [0.2, 0.25) is 5.91 Å². The molecule has 1 aliphatic rings. The molecule has 0 bridgehead atoms. The van der Waals surface area contributed by atoms with Gasteiger partial charge in [-0.15, -0.1) is 0 Å². The maximum Gasteiger partial charge on any atom is 0.321 e. The van der Waals surface area contributed by atoms with Gasteiger partial charge in [0.25, 0.3) is 0 Å². The predicted octanol–water partition coefficient (Wildman–Crippen LogP) is -1.17. The van der Waals surface area contributed by atoms with Crippen LogP contribution in [0.3, 0.4) is 0 Å². The Kier molecular flexibility index (Phi) is 5.09. The number of nitrogens with two attached hydrogens (primary N) is 1. The van der Waals surface area contributed by atoms with Crippen molar-refractivity contribution in [2.24, 2.45) is 5.73 Å². The average Bonchev–Trinajstić information content (AvgIpc) is 2.77. The quantitative estimate of drug-likeness (QED) is 0.632. The molecular formula is C10H18N2O5S. The van der Waals surface area contributed by atoms with E-state index in [0.29, 0.717) is 13.1 Å². The number of hydrogen-bond donors (Lipinski definition) is 2. The molecule has 8 heteroatoms. The molecule has 1 amide bonds. The number of carbonyl (C=O) groups is 2. The van der Waals surface area contributed by atoms with Crippen LogP contribution in [0.25, 0.3) is 0 Å². The fourth-order valence-electron chi connectivity index (χ4n) is 1.94. The van der Waals surface area contributed by atoms with E-state index < -0.39 is 32.7 Å². The predicted molar refractivity (Wildman–Crippen MR) is 64.7 cm³/mol. The van der Waals surface area contributed by atoms with Crippen LogP contribution in [0.5, 0.6) is 0 Å². The van der Waals surface area contributed by atoms with Gasteiger partial charge in [0.15, 0.2) is 15.1 Å². The minimum absolute atomic E-state index is 0.0475. The number of sulfone groups is 1. The van der Waals surface area contributed by atoms with Crippen molar-refractivity contribution in [3.05, 3.63) is 0 Å². The van der Waals surface area contributed by atoms with Crippen molar-refractivity contribution in [2.75, 3.05) is 25.4 Å². The van der Waals surface area contributed by atoms with Crippen molar-refractivity contribution in [3.8, 4) is 0 Å². The van der Waals surface area contributed by atoms with E-state index >= 15 is 0 Å². The molecule has 104 valence electrons. The summed E-state index contributed by atoms with van der Waals surface area (Å²) < 4.78 is 23.7. The molecule has 0 saturated carbocycles. The fraction of sp³-hybridized carbons (Fsp3) is 0.800. The van der Waals surface area contributed by atoms with Crippen LogP contribution in [0.1, 0.15) is 19.3 Å². The molecule has 18 heavy (non-hydrogen) atoms. The Bertz CT molecular complexity index is 414. The van der Waals surface area contributed by atoms with E-state index in [-0.39, 0.29) is 13.0 Å². The summed E-state index contributed by atoms with van der Waals surface area (Å²) in [6.45, 7) is 1.04. The Morgan fingerprint density at radius 3 is 2.28 bits per heavy atom. The van der Waals surface area contributed by atoms with Crippen molar-refractivity contribution in [1.82, 2.24) is 4.90 Å². The lowest BCUT2D eigenvalue weighted by molar-refractivity contribution is -0.136. The van der Waals surface area contributed by atoms with Crippen LogP contribution in [-0.4, -0.2) is 60.9 Å². The molecule has 0 spiro atoms. The second-order valence-electron chi connectivity index (χ2n) is 4.30. The number of amides is 1. The normalized spacial score (nSPS) is 17.7. The highest BCUT2D eigenvalue weighted by Crippen LogP contribution is 2.12. The number of carboxylic acid groups (broad SMARTS) is 1. The molecule has 1 atom stereocenters. The minimum atomic E-state index is -3.99. The first-order valence-corrected chi connectivity index (χ1v) is 7.52. The van der Waals surface area contributed by atoms with Gasteiger partial charge in [-0.25, -0.2) is 8.42 Å². The second-order valence-corrected chi connectivity index (χ2v) is 6.48. The molecule has 1 saturated heterocycles. The Morgan fingerprint density at radius 2 is 1.83 bits per heavy atom. The maximum atomic E-state index is 11.8. The van der Waals surface area contributed by atoms with Crippen LogP contribution in [0.4, 0.5) is 0 Å². The molecule has 1 aliphatic heterocycles. The van der Waals surface area contributed by atoms with E-state index in [1.165, 1.54) is 4.90 Å². The minimum Gasteiger partial charge on any atom is -0.480 e. The largest absolute Gasteiger partial charge is 0.480 e. The van der Waals surface area contributed by atoms with Gasteiger partial charge in [0.05, 0.1) is 0 Å². The summed E-state index contributed by atoms with van der Waals surface area (Å²) in [7, 11) is -3.99. The molecule has 1 unspecified atom stereocenters. The van der Waals surface area contributed by atoms with Crippen LogP contribution in [0, 0.1) is 0 Å². The Morgan fingerprint density at radius 1 is 1.28 bits per heavy atom. The molecule has 0 aromatic carbocycles. The molecule has 3 N–H and O–H groups in total. The third-order valence-corrected chi connectivity index (χ3v) is 4.87. The van der Waals surface area contributed by atoms with Crippen LogP contribution >= 0.6 is 0 Å². The zero-order valence-electron chi connectivity index (χ0n) is 10.0. The molecule has 1 rings (SSSR count). The van der Waals surface area contributed by atoms with E-state index in [1.54, 1.807) is 0 Å². The first-order chi connectivity index (χ1) is 8.38. The van der Waals surface area contributed by atoms with Crippen molar-refractivity contribution in [2.45, 2.75) is 24.5 Å². The molecule has 0 aliphatic carbocycles. The highest BCUT2D eigenvalue weighted by atomic mass is 32.2. The number of carbonyl (C=O) groups excluding carboxylic acids is 1. The summed E-state index contributed by atoms with van der Waals surface area (Å²) in [5, 5.41) is 7.27. The summed E-state index contributed by atoms with van der Waals surface area (Å²) in [6.07, 6.45) is 1.54. The highest BCUT2D eigenvalue weighted by molar-refractivity contribution is 7.93. The zero-order valence-corrected chi connectivity index (χ0v) is 10.9. The van der Waals surface area contributed by atoms with Gasteiger partial charge in [-0.3, -0.25) is 9.59 Å². The number of hydrogen-bond acceptors (Lipinski definition) is 5. The third-order valence-electron chi connectivity index (χ3n) is 2.92. The number of carboxylic acids is 1. The van der Waals surface area contributed by atoms with Crippen LogP contribution in [-0.2, 0) is 19.4 Å². The smallest absolute Gasteiger partial charge is 0.321 e. The summed E-state index contributed by atoms with van der Waals surface area (Å²) in [5.41, 5.74) is 5.19. The maximum absolute atomic E-state index is 11.8. The molecule has 0 aromatic heterocycles. The monoisotopic (exact) mass is 278 g/mol. The fourth-order valence-corrected chi connectivity index (χ4v) is 3.47. The SMILES string of the molecule is NCCC(C(=O)O)S(=O)(=O)CC(=O)N1CCCC1. The molecule has 1 fully saturated rings. The van der Waals surface area contributed by atoms with Crippen molar-refractivity contribution in [3.63, 3.8) is 0 Å². The average molecular weight is 278 g/mol. The molecule has 1 heterocycles. The van der Waals surface area contributed by atoms with Gasteiger partial charge in [-0.05, 0) is 25.8 Å². The van der Waals surface area contributed by atoms with Crippen molar-refractivity contribution >= 4 is 21.7 Å². The lowest BCUT2D eigenvalue weighted by Gasteiger charge is -2.17. The summed E-state index contributed by atoms with van der Waals surface area (Å²) in [6, 6.07) is 0. The number of likely N-dealkylation sites (tertiary alicyclic amines) is 1. The van der Waals surface area contributed by atoms with Gasteiger partial charge in [-0.2, -0.15) is 0 Å². The number of nitrogens with zero attached hydrogens (tertiary/aromatic N) is 1. The van der Waals surface area contributed by atoms with E-state index in [4.69, 9.17) is 10.8 Å². The van der Waals surface area contributed by atoms with Crippen LogP contribution in [0.2, 0.25) is 0 Å². The molecular weight excluding hydrogens is 260 g/mol. The summed E-state index contributed by atoms with van der Waals surface area (Å²) in [4.78, 5) is 24.1. The number of aliphatic carboxylic acids is 1. The standard InChI is InChI=1S/C10H18N2O5S/c11-4-3-8(10(14)15)18(16,17)7-9(13)12-5-1-2-6-12/h8H,1-7,11H2,(H,14,15). The summed E-state index contributed by atoms with van der Waals surface area (Å²) in [5.74, 6) is -2.71. The van der Waals surface area contributed by atoms with Gasteiger partial charge in [0, 0.05) is 13.1 Å². The number of rotatable bonds is 6. The van der Waals surface area contributed by atoms with E-state index in [1.807, 2.05) is 0 Å². The second kappa shape index (κ2) is 6.14.